The summed E-state index contributed by atoms with van der Waals surface area (Å²) in [5.41, 5.74) is 5.94. The topological polar surface area (TPSA) is 52.3 Å². The Morgan fingerprint density at radius 2 is 2.07 bits per heavy atom. The van der Waals surface area contributed by atoms with E-state index in [1.165, 1.54) is 6.42 Å². The average molecular weight is 211 g/mol. The van der Waals surface area contributed by atoms with Gasteiger partial charge in [-0.25, -0.2) is 0 Å². The molecular formula is C12H21NO2. The van der Waals surface area contributed by atoms with Crippen LogP contribution in [-0.4, -0.2) is 18.1 Å². The molecule has 3 heteroatoms. The smallest absolute Gasteiger partial charge is 0.309 e. The summed E-state index contributed by atoms with van der Waals surface area (Å²) in [5.74, 6) is 1.24. The molecule has 2 aliphatic rings. The molecule has 86 valence electrons. The molecule has 0 radical (unpaired) electrons. The van der Waals surface area contributed by atoms with E-state index >= 15 is 0 Å². The molecule has 0 heterocycles. The van der Waals surface area contributed by atoms with E-state index in [1.54, 1.807) is 0 Å². The van der Waals surface area contributed by atoms with Gasteiger partial charge in [-0.2, -0.15) is 0 Å². The second-order valence-corrected chi connectivity index (χ2v) is 5.25. The Morgan fingerprint density at radius 3 is 2.67 bits per heavy atom. The highest BCUT2D eigenvalue weighted by Crippen LogP contribution is 2.47. The van der Waals surface area contributed by atoms with Crippen LogP contribution in [0.5, 0.6) is 0 Å². The van der Waals surface area contributed by atoms with Crippen molar-refractivity contribution in [2.75, 3.05) is 0 Å². The average Bonchev–Trinajstić information content (AvgIpc) is 2.15. The molecule has 0 aromatic rings. The van der Waals surface area contributed by atoms with Crippen LogP contribution in [0.25, 0.3) is 0 Å². The predicted octanol–water partition coefficient (Wildman–Crippen LogP) is 1.70. The zero-order valence-electron chi connectivity index (χ0n) is 9.61. The molecule has 0 aromatic carbocycles. The van der Waals surface area contributed by atoms with Gasteiger partial charge in [-0.15, -0.1) is 0 Å². The van der Waals surface area contributed by atoms with Crippen LogP contribution in [0, 0.1) is 17.8 Å². The van der Waals surface area contributed by atoms with Gasteiger partial charge in [-0.05, 0) is 44.9 Å². The minimum Gasteiger partial charge on any atom is -0.463 e. The number of carbonyl (C=O) groups excluding carboxylic acids is 1. The number of nitrogens with two attached hydrogens (primary N) is 1. The lowest BCUT2D eigenvalue weighted by atomic mass is 9.58. The summed E-state index contributed by atoms with van der Waals surface area (Å²) in [5, 5.41) is 0. The molecule has 4 unspecified atom stereocenters. The lowest BCUT2D eigenvalue weighted by molar-refractivity contribution is -0.160. The monoisotopic (exact) mass is 211 g/mol. The number of ether oxygens (including phenoxy) is 1. The van der Waals surface area contributed by atoms with E-state index in [0.29, 0.717) is 17.9 Å². The van der Waals surface area contributed by atoms with Crippen molar-refractivity contribution in [3.63, 3.8) is 0 Å². The maximum absolute atomic E-state index is 11.8. The lowest BCUT2D eigenvalue weighted by Crippen LogP contribution is -2.54. The van der Waals surface area contributed by atoms with Crippen LogP contribution in [0.1, 0.15) is 39.5 Å². The molecule has 0 saturated heterocycles. The number of esters is 1. The second kappa shape index (κ2) is 4.12. The normalized spacial score (nSPS) is 39.5. The Hall–Kier alpha value is -0.570. The van der Waals surface area contributed by atoms with Crippen LogP contribution in [0.3, 0.4) is 0 Å². The predicted molar refractivity (Wildman–Crippen MR) is 58.1 cm³/mol. The zero-order valence-corrected chi connectivity index (χ0v) is 9.61. The number of rotatable bonds is 2. The van der Waals surface area contributed by atoms with Crippen LogP contribution in [-0.2, 0) is 9.53 Å². The van der Waals surface area contributed by atoms with Crippen molar-refractivity contribution in [1.29, 1.82) is 0 Å². The van der Waals surface area contributed by atoms with E-state index in [1.807, 2.05) is 13.8 Å². The Kier molecular flexibility index (Phi) is 3.01. The molecule has 2 rings (SSSR count). The van der Waals surface area contributed by atoms with E-state index in [0.717, 1.165) is 19.3 Å². The Balaban J connectivity index is 1.94. The standard InChI is InChI=1S/C12H21NO2/c1-7(2)15-12(14)9-5-3-4-8-10(9)6-11(8)13/h7-11H,3-6,13H2,1-2H3. The van der Waals surface area contributed by atoms with Gasteiger partial charge in [0.2, 0.25) is 0 Å². The first-order chi connectivity index (χ1) is 7.09. The van der Waals surface area contributed by atoms with E-state index in [9.17, 15) is 4.79 Å². The molecule has 0 bridgehead atoms. The third-order valence-electron chi connectivity index (χ3n) is 3.87. The molecule has 4 atom stereocenters. The third kappa shape index (κ3) is 2.03. The van der Waals surface area contributed by atoms with Crippen LogP contribution in [0.4, 0.5) is 0 Å². The van der Waals surface area contributed by atoms with Crippen molar-refractivity contribution in [3.8, 4) is 0 Å². The van der Waals surface area contributed by atoms with Gasteiger partial charge >= 0.3 is 5.97 Å². The summed E-state index contributed by atoms with van der Waals surface area (Å²) in [7, 11) is 0. The van der Waals surface area contributed by atoms with E-state index in [4.69, 9.17) is 10.5 Å². The molecule has 0 aliphatic heterocycles. The van der Waals surface area contributed by atoms with Gasteiger partial charge in [0.25, 0.3) is 0 Å². The summed E-state index contributed by atoms with van der Waals surface area (Å²) >= 11 is 0. The molecule has 15 heavy (non-hydrogen) atoms. The number of carbonyl (C=O) groups is 1. The molecule has 0 amide bonds. The van der Waals surface area contributed by atoms with Gasteiger partial charge in [0, 0.05) is 6.04 Å². The van der Waals surface area contributed by atoms with Crippen LogP contribution in [0.2, 0.25) is 0 Å². The van der Waals surface area contributed by atoms with Crippen molar-refractivity contribution >= 4 is 5.97 Å². The van der Waals surface area contributed by atoms with Gasteiger partial charge in [0.15, 0.2) is 0 Å². The molecular weight excluding hydrogens is 190 g/mol. The SMILES string of the molecule is CC(C)OC(=O)C1CCCC2C(N)CC12. The fourth-order valence-electron chi connectivity index (χ4n) is 3.08. The first-order valence-electron chi connectivity index (χ1n) is 6.05. The molecule has 0 aromatic heterocycles. The van der Waals surface area contributed by atoms with E-state index in [-0.39, 0.29) is 18.0 Å². The first-order valence-corrected chi connectivity index (χ1v) is 6.05. The van der Waals surface area contributed by atoms with Crippen molar-refractivity contribution in [2.45, 2.75) is 51.7 Å². The molecule has 2 N–H and O–H groups in total. The van der Waals surface area contributed by atoms with Crippen LogP contribution in [0.15, 0.2) is 0 Å². The highest BCUT2D eigenvalue weighted by molar-refractivity contribution is 5.73. The summed E-state index contributed by atoms with van der Waals surface area (Å²) in [6, 6.07) is 0.338. The van der Waals surface area contributed by atoms with Gasteiger partial charge < -0.3 is 10.5 Å². The van der Waals surface area contributed by atoms with Crippen molar-refractivity contribution in [3.05, 3.63) is 0 Å². The third-order valence-corrected chi connectivity index (χ3v) is 3.87. The Labute approximate surface area is 91.4 Å². The van der Waals surface area contributed by atoms with Crippen LogP contribution >= 0.6 is 0 Å². The molecule has 2 saturated carbocycles. The Bertz CT molecular complexity index is 252. The largest absolute Gasteiger partial charge is 0.463 e. The van der Waals surface area contributed by atoms with Crippen molar-refractivity contribution in [1.82, 2.24) is 0 Å². The highest BCUT2D eigenvalue weighted by atomic mass is 16.5. The van der Waals surface area contributed by atoms with E-state index < -0.39 is 0 Å². The molecule has 2 aliphatic carbocycles. The van der Waals surface area contributed by atoms with Crippen LogP contribution < -0.4 is 5.73 Å². The highest BCUT2D eigenvalue weighted by Gasteiger charge is 2.48. The zero-order chi connectivity index (χ0) is 11.0. The number of fused-ring (bicyclic) bond motifs is 1. The fourth-order valence-corrected chi connectivity index (χ4v) is 3.08. The van der Waals surface area contributed by atoms with Gasteiger partial charge in [-0.3, -0.25) is 4.79 Å². The second-order valence-electron chi connectivity index (χ2n) is 5.25. The summed E-state index contributed by atoms with van der Waals surface area (Å²) in [6.45, 7) is 3.81. The van der Waals surface area contributed by atoms with Crippen molar-refractivity contribution < 1.29 is 9.53 Å². The summed E-state index contributed by atoms with van der Waals surface area (Å²) in [6.07, 6.45) is 4.36. The first kappa shape index (κ1) is 10.9. The summed E-state index contributed by atoms with van der Waals surface area (Å²) in [4.78, 5) is 11.8. The summed E-state index contributed by atoms with van der Waals surface area (Å²) < 4.78 is 5.30. The minimum absolute atomic E-state index is 0.00611. The minimum atomic E-state index is 0.00611. The van der Waals surface area contributed by atoms with Gasteiger partial charge in [-0.1, -0.05) is 6.42 Å². The molecule has 3 nitrogen and oxygen atoms in total. The van der Waals surface area contributed by atoms with Crippen molar-refractivity contribution in [2.24, 2.45) is 23.5 Å². The fraction of sp³-hybridized carbons (Fsp3) is 0.917. The maximum atomic E-state index is 11.8. The molecule has 2 fully saturated rings. The van der Waals surface area contributed by atoms with Gasteiger partial charge in [0.1, 0.15) is 0 Å². The molecule has 0 spiro atoms. The van der Waals surface area contributed by atoms with E-state index in [2.05, 4.69) is 0 Å². The number of hydrogen-bond donors (Lipinski definition) is 1. The lowest BCUT2D eigenvalue weighted by Gasteiger charge is -2.49. The quantitative estimate of drug-likeness (QED) is 0.707. The van der Waals surface area contributed by atoms with Gasteiger partial charge in [0.05, 0.1) is 12.0 Å². The number of hydrogen-bond acceptors (Lipinski definition) is 3. The Morgan fingerprint density at radius 1 is 1.33 bits per heavy atom. The maximum Gasteiger partial charge on any atom is 0.309 e.